The molecule has 1 spiro atoms. The van der Waals surface area contributed by atoms with E-state index in [2.05, 4.69) is 16.9 Å². The fourth-order valence-corrected chi connectivity index (χ4v) is 3.75. The molecule has 5 heteroatoms. The Hall–Kier alpha value is -1.52. The molecule has 4 heterocycles. The lowest BCUT2D eigenvalue weighted by Gasteiger charge is -2.30. The molecule has 116 valence electrons. The Morgan fingerprint density at radius 3 is 2.73 bits per heavy atom. The average Bonchev–Trinajstić information content (AvgIpc) is 3.08. The predicted octanol–water partition coefficient (Wildman–Crippen LogP) is 3.43. The van der Waals surface area contributed by atoms with E-state index in [1.807, 2.05) is 29.8 Å². The largest absolute Gasteiger partial charge is 0.379 e. The van der Waals surface area contributed by atoms with Crippen molar-refractivity contribution in [2.24, 2.45) is 0 Å². The number of pyridine rings is 1. The SMILES string of the molecule is C=C(C)c1cnc2c(NC3CC[N+]4(CC3)CC4)cc(Cl)cn12. The second-order valence-electron chi connectivity index (χ2n) is 6.84. The Morgan fingerprint density at radius 2 is 2.09 bits per heavy atom. The fraction of sp³-hybridized carbons (Fsp3) is 0.471. The number of piperidine rings is 1. The van der Waals surface area contributed by atoms with E-state index in [1.54, 1.807) is 0 Å². The number of anilines is 1. The number of nitrogens with zero attached hydrogens (tertiary/aromatic N) is 3. The molecule has 2 aliphatic rings. The van der Waals surface area contributed by atoms with Crippen molar-refractivity contribution in [2.45, 2.75) is 25.8 Å². The summed E-state index contributed by atoms with van der Waals surface area (Å²) in [6, 6.07) is 2.51. The van der Waals surface area contributed by atoms with E-state index in [0.717, 1.165) is 27.6 Å². The van der Waals surface area contributed by atoms with E-state index in [4.69, 9.17) is 11.6 Å². The normalized spacial score (nSPS) is 20.5. The predicted molar refractivity (Wildman–Crippen MR) is 91.3 cm³/mol. The number of fused-ring (bicyclic) bond motifs is 1. The second-order valence-corrected chi connectivity index (χ2v) is 7.28. The Kier molecular flexibility index (Phi) is 3.20. The first-order chi connectivity index (χ1) is 10.6. The number of imidazole rings is 1. The highest BCUT2D eigenvalue weighted by atomic mass is 35.5. The zero-order valence-corrected chi connectivity index (χ0v) is 13.7. The van der Waals surface area contributed by atoms with Crippen LogP contribution < -0.4 is 5.32 Å². The molecule has 4 rings (SSSR count). The minimum atomic E-state index is 0.525. The maximum Gasteiger partial charge on any atom is 0.160 e. The number of quaternary nitrogens is 1. The van der Waals surface area contributed by atoms with Crippen LogP contribution in [0, 0.1) is 0 Å². The van der Waals surface area contributed by atoms with E-state index in [-0.39, 0.29) is 0 Å². The molecule has 0 saturated carbocycles. The quantitative estimate of drug-likeness (QED) is 0.694. The summed E-state index contributed by atoms with van der Waals surface area (Å²) in [4.78, 5) is 4.56. The monoisotopic (exact) mass is 317 g/mol. The molecule has 1 N–H and O–H groups in total. The first-order valence-electron chi connectivity index (χ1n) is 8.00. The van der Waals surface area contributed by atoms with Crippen LogP contribution in [0.1, 0.15) is 25.5 Å². The molecular weight excluding hydrogens is 296 g/mol. The molecule has 0 aliphatic carbocycles. The molecule has 2 aromatic rings. The van der Waals surface area contributed by atoms with Gasteiger partial charge in [0.05, 0.1) is 35.7 Å². The lowest BCUT2D eigenvalue weighted by atomic mass is 10.0. The zero-order chi connectivity index (χ0) is 15.3. The third kappa shape index (κ3) is 2.40. The van der Waals surface area contributed by atoms with Crippen LogP contribution in [-0.4, -0.2) is 46.1 Å². The summed E-state index contributed by atoms with van der Waals surface area (Å²) in [6.45, 7) is 11.4. The van der Waals surface area contributed by atoms with Crippen LogP contribution in [0.15, 0.2) is 25.0 Å². The van der Waals surface area contributed by atoms with Crippen LogP contribution in [0.5, 0.6) is 0 Å². The summed E-state index contributed by atoms with van der Waals surface area (Å²) in [5.41, 5.74) is 3.97. The summed E-state index contributed by atoms with van der Waals surface area (Å²) in [5.74, 6) is 0. The molecule has 0 unspecified atom stereocenters. The van der Waals surface area contributed by atoms with Gasteiger partial charge in [0.1, 0.15) is 13.1 Å². The smallest absolute Gasteiger partial charge is 0.160 e. The maximum atomic E-state index is 6.31. The van der Waals surface area contributed by atoms with Gasteiger partial charge in [-0.2, -0.15) is 0 Å². The molecule has 0 bridgehead atoms. The van der Waals surface area contributed by atoms with Gasteiger partial charge in [0.25, 0.3) is 0 Å². The van der Waals surface area contributed by atoms with Gasteiger partial charge in [-0.1, -0.05) is 18.2 Å². The van der Waals surface area contributed by atoms with Crippen molar-refractivity contribution in [3.05, 3.63) is 35.8 Å². The van der Waals surface area contributed by atoms with Crippen molar-refractivity contribution < 1.29 is 4.48 Å². The van der Waals surface area contributed by atoms with E-state index in [1.165, 1.54) is 43.5 Å². The van der Waals surface area contributed by atoms with Crippen LogP contribution in [0.3, 0.4) is 0 Å². The van der Waals surface area contributed by atoms with Gasteiger partial charge in [-0.25, -0.2) is 4.98 Å². The van der Waals surface area contributed by atoms with Crippen molar-refractivity contribution >= 4 is 28.5 Å². The van der Waals surface area contributed by atoms with Gasteiger partial charge in [0, 0.05) is 25.1 Å². The summed E-state index contributed by atoms with van der Waals surface area (Å²) in [5, 5.41) is 4.40. The molecule has 0 radical (unpaired) electrons. The van der Waals surface area contributed by atoms with Crippen molar-refractivity contribution in [1.29, 1.82) is 0 Å². The van der Waals surface area contributed by atoms with Crippen molar-refractivity contribution in [3.8, 4) is 0 Å². The highest BCUT2D eigenvalue weighted by molar-refractivity contribution is 6.30. The third-order valence-corrected chi connectivity index (χ3v) is 5.34. The van der Waals surface area contributed by atoms with E-state index >= 15 is 0 Å². The van der Waals surface area contributed by atoms with Gasteiger partial charge < -0.3 is 9.80 Å². The van der Waals surface area contributed by atoms with Crippen LogP contribution in [0.4, 0.5) is 5.69 Å². The van der Waals surface area contributed by atoms with Gasteiger partial charge in [0.15, 0.2) is 5.65 Å². The molecule has 2 aliphatic heterocycles. The van der Waals surface area contributed by atoms with Crippen LogP contribution in [0.2, 0.25) is 5.02 Å². The number of hydrogen-bond acceptors (Lipinski definition) is 2. The minimum Gasteiger partial charge on any atom is -0.379 e. The van der Waals surface area contributed by atoms with Crippen LogP contribution >= 0.6 is 11.6 Å². The zero-order valence-electron chi connectivity index (χ0n) is 13.0. The van der Waals surface area contributed by atoms with Gasteiger partial charge in [-0.15, -0.1) is 0 Å². The standard InChI is InChI=1S/C17H22ClN4/c1-12(2)16-10-19-17-15(9-13(18)11-21(16)17)20-14-3-5-22(6-4-14)7-8-22/h9-11,14,20H,1,3-8H2,2H3/q+1. The second kappa shape index (κ2) is 5.00. The van der Waals surface area contributed by atoms with Crippen molar-refractivity contribution in [1.82, 2.24) is 9.38 Å². The number of halogens is 1. The summed E-state index contributed by atoms with van der Waals surface area (Å²) in [6.07, 6.45) is 6.24. The van der Waals surface area contributed by atoms with E-state index in [0.29, 0.717) is 6.04 Å². The van der Waals surface area contributed by atoms with Crippen molar-refractivity contribution in [3.63, 3.8) is 0 Å². The summed E-state index contributed by atoms with van der Waals surface area (Å²) in [7, 11) is 0. The van der Waals surface area contributed by atoms with Gasteiger partial charge in [-0.3, -0.25) is 4.40 Å². The maximum absolute atomic E-state index is 6.31. The highest BCUT2D eigenvalue weighted by Crippen LogP contribution is 2.31. The molecule has 0 aromatic carbocycles. The minimum absolute atomic E-state index is 0.525. The van der Waals surface area contributed by atoms with Gasteiger partial charge >= 0.3 is 0 Å². The highest BCUT2D eigenvalue weighted by Gasteiger charge is 2.44. The topological polar surface area (TPSA) is 29.3 Å². The lowest BCUT2D eigenvalue weighted by Crippen LogP contribution is -2.41. The number of hydrogen-bond donors (Lipinski definition) is 1. The Balaban J connectivity index is 1.62. The number of rotatable bonds is 3. The summed E-state index contributed by atoms with van der Waals surface area (Å²) < 4.78 is 3.39. The lowest BCUT2D eigenvalue weighted by molar-refractivity contribution is -0.805. The molecule has 2 aromatic heterocycles. The first-order valence-corrected chi connectivity index (χ1v) is 8.38. The first kappa shape index (κ1) is 14.1. The van der Waals surface area contributed by atoms with Crippen LogP contribution in [0.25, 0.3) is 11.2 Å². The number of aromatic nitrogens is 2. The summed E-state index contributed by atoms with van der Waals surface area (Å²) >= 11 is 6.31. The van der Waals surface area contributed by atoms with Crippen molar-refractivity contribution in [2.75, 3.05) is 31.5 Å². The molecule has 2 saturated heterocycles. The van der Waals surface area contributed by atoms with Gasteiger partial charge in [-0.05, 0) is 18.6 Å². The molecule has 22 heavy (non-hydrogen) atoms. The average molecular weight is 318 g/mol. The third-order valence-electron chi connectivity index (χ3n) is 5.13. The van der Waals surface area contributed by atoms with Gasteiger partial charge in [0.2, 0.25) is 0 Å². The van der Waals surface area contributed by atoms with E-state index in [9.17, 15) is 0 Å². The fourth-order valence-electron chi connectivity index (χ4n) is 3.54. The Bertz CT molecular complexity index is 734. The molecule has 2 fully saturated rings. The van der Waals surface area contributed by atoms with E-state index < -0.39 is 0 Å². The number of nitrogens with one attached hydrogen (secondary N) is 1. The molecule has 0 amide bonds. The Labute approximate surface area is 136 Å². The molecular formula is C17H22ClN4+. The number of allylic oxidation sites excluding steroid dienone is 1. The Morgan fingerprint density at radius 1 is 1.36 bits per heavy atom. The van der Waals surface area contributed by atoms with Crippen LogP contribution in [-0.2, 0) is 0 Å². The molecule has 4 nitrogen and oxygen atoms in total. The molecule has 0 atom stereocenters.